The van der Waals surface area contributed by atoms with Crippen molar-refractivity contribution in [3.63, 3.8) is 0 Å². The fourth-order valence-electron chi connectivity index (χ4n) is 1.63. The van der Waals surface area contributed by atoms with Gasteiger partial charge in [0.05, 0.1) is 6.54 Å². The Bertz CT molecular complexity index is 522. The van der Waals surface area contributed by atoms with Gasteiger partial charge in [0.15, 0.2) is 0 Å². The summed E-state index contributed by atoms with van der Waals surface area (Å²) in [6.07, 6.45) is 0.560. The van der Waals surface area contributed by atoms with Crippen LogP contribution in [0.4, 0.5) is 0 Å². The smallest absolute Gasteiger partial charge is 0.221 e. The number of hydrogen-bond acceptors (Lipinski definition) is 3. The Morgan fingerprint density at radius 1 is 1.26 bits per heavy atom. The second kappa shape index (κ2) is 7.36. The maximum atomic E-state index is 11.7. The van der Waals surface area contributed by atoms with E-state index in [4.69, 9.17) is 0 Å². The van der Waals surface area contributed by atoms with Gasteiger partial charge in [-0.05, 0) is 36.1 Å². The molecule has 1 aromatic carbocycles. The Morgan fingerprint density at radius 3 is 2.74 bits per heavy atom. The highest BCUT2D eigenvalue weighted by molar-refractivity contribution is 7.99. The molecule has 4 heteroatoms. The monoisotopic (exact) mass is 291 g/mol. The molecule has 1 N–H and O–H groups in total. The molecule has 2 rings (SSSR count). The summed E-state index contributed by atoms with van der Waals surface area (Å²) in [5.74, 6) is 0.940. The summed E-state index contributed by atoms with van der Waals surface area (Å²) in [4.78, 5) is 14.2. The number of thiophene rings is 1. The van der Waals surface area contributed by atoms with Crippen molar-refractivity contribution in [2.24, 2.45) is 0 Å². The molecular formula is C15H17NOS2. The summed E-state index contributed by atoms with van der Waals surface area (Å²) in [5, 5.41) is 5.03. The topological polar surface area (TPSA) is 29.1 Å². The van der Waals surface area contributed by atoms with E-state index in [1.165, 1.54) is 15.3 Å². The van der Waals surface area contributed by atoms with Gasteiger partial charge in [-0.3, -0.25) is 4.79 Å². The van der Waals surface area contributed by atoms with E-state index in [0.717, 1.165) is 5.75 Å². The van der Waals surface area contributed by atoms with Crippen LogP contribution in [-0.4, -0.2) is 11.7 Å². The van der Waals surface area contributed by atoms with Crippen LogP contribution in [0.1, 0.15) is 16.9 Å². The lowest BCUT2D eigenvalue weighted by Gasteiger charge is -2.05. The van der Waals surface area contributed by atoms with E-state index in [2.05, 4.69) is 35.8 Å². The first-order chi connectivity index (χ1) is 9.25. The molecule has 1 heterocycles. The molecule has 0 saturated heterocycles. The van der Waals surface area contributed by atoms with Crippen molar-refractivity contribution in [3.05, 3.63) is 52.2 Å². The molecule has 19 heavy (non-hydrogen) atoms. The van der Waals surface area contributed by atoms with Crippen LogP contribution in [0, 0.1) is 6.92 Å². The van der Waals surface area contributed by atoms with Crippen LogP contribution >= 0.6 is 23.1 Å². The zero-order valence-corrected chi connectivity index (χ0v) is 12.5. The van der Waals surface area contributed by atoms with E-state index in [9.17, 15) is 4.79 Å². The second-order valence-corrected chi connectivity index (χ2v) is 6.38. The zero-order valence-electron chi connectivity index (χ0n) is 10.9. The molecule has 0 bridgehead atoms. The number of carbonyl (C=O) groups is 1. The van der Waals surface area contributed by atoms with Gasteiger partial charge >= 0.3 is 0 Å². The lowest BCUT2D eigenvalue weighted by Crippen LogP contribution is -2.22. The molecule has 0 aliphatic rings. The molecule has 2 aromatic rings. The summed E-state index contributed by atoms with van der Waals surface area (Å²) in [5.41, 5.74) is 1.25. The van der Waals surface area contributed by atoms with Gasteiger partial charge in [-0.1, -0.05) is 18.2 Å². The highest BCUT2D eigenvalue weighted by Gasteiger charge is 2.04. The Morgan fingerprint density at radius 2 is 2.05 bits per heavy atom. The van der Waals surface area contributed by atoms with Crippen molar-refractivity contribution >= 4 is 29.0 Å². The Kier molecular flexibility index (Phi) is 5.48. The van der Waals surface area contributed by atoms with Gasteiger partial charge in [-0.2, -0.15) is 0 Å². The van der Waals surface area contributed by atoms with Gasteiger partial charge in [0, 0.05) is 21.9 Å². The van der Waals surface area contributed by atoms with Gasteiger partial charge in [0.1, 0.15) is 0 Å². The first-order valence-electron chi connectivity index (χ1n) is 6.23. The highest BCUT2D eigenvalue weighted by Crippen LogP contribution is 2.18. The minimum Gasteiger partial charge on any atom is -0.351 e. The Balaban J connectivity index is 1.66. The summed E-state index contributed by atoms with van der Waals surface area (Å²) in [7, 11) is 0. The molecule has 2 nitrogen and oxygen atoms in total. The number of nitrogens with one attached hydrogen (secondary N) is 1. The number of amides is 1. The van der Waals surface area contributed by atoms with Crippen LogP contribution < -0.4 is 5.32 Å². The predicted octanol–water partition coefficient (Wildman–Crippen LogP) is 3.86. The quantitative estimate of drug-likeness (QED) is 0.819. The van der Waals surface area contributed by atoms with Crippen molar-refractivity contribution in [1.82, 2.24) is 5.32 Å². The third kappa shape index (κ3) is 4.73. The molecule has 0 aliphatic heterocycles. The van der Waals surface area contributed by atoms with E-state index >= 15 is 0 Å². The van der Waals surface area contributed by atoms with Crippen molar-refractivity contribution in [2.75, 3.05) is 5.75 Å². The number of rotatable bonds is 6. The van der Waals surface area contributed by atoms with Gasteiger partial charge in [0.25, 0.3) is 0 Å². The summed E-state index contributed by atoms with van der Waals surface area (Å²) >= 11 is 3.41. The SMILES string of the molecule is Cc1ccsc1CNC(=O)CCSc1ccccc1. The lowest BCUT2D eigenvalue weighted by atomic mass is 10.3. The van der Waals surface area contributed by atoms with E-state index < -0.39 is 0 Å². The molecule has 0 fully saturated rings. The Labute approximate surface area is 122 Å². The average Bonchev–Trinajstić information content (AvgIpc) is 2.83. The largest absolute Gasteiger partial charge is 0.351 e. The third-order valence-corrected chi connectivity index (χ3v) is 4.79. The Hall–Kier alpha value is -1.26. The maximum absolute atomic E-state index is 11.7. The van der Waals surface area contributed by atoms with Crippen LogP contribution in [0.5, 0.6) is 0 Å². The fraction of sp³-hybridized carbons (Fsp3) is 0.267. The molecule has 1 aromatic heterocycles. The summed E-state index contributed by atoms with van der Waals surface area (Å²) in [6.45, 7) is 2.72. The molecule has 0 atom stereocenters. The van der Waals surface area contributed by atoms with Crippen LogP contribution in [0.2, 0.25) is 0 Å². The molecule has 0 spiro atoms. The minimum absolute atomic E-state index is 0.122. The number of thioether (sulfide) groups is 1. The van der Waals surface area contributed by atoms with Crippen LogP contribution in [0.3, 0.4) is 0 Å². The van der Waals surface area contributed by atoms with Crippen molar-refractivity contribution in [3.8, 4) is 0 Å². The molecule has 1 amide bonds. The number of hydrogen-bond donors (Lipinski definition) is 1. The molecule has 0 saturated carbocycles. The molecule has 0 radical (unpaired) electrons. The van der Waals surface area contributed by atoms with E-state index in [-0.39, 0.29) is 5.91 Å². The number of aryl methyl sites for hydroxylation is 1. The van der Waals surface area contributed by atoms with E-state index in [1.54, 1.807) is 23.1 Å². The lowest BCUT2D eigenvalue weighted by molar-refractivity contribution is -0.120. The van der Waals surface area contributed by atoms with Gasteiger partial charge < -0.3 is 5.32 Å². The third-order valence-electron chi connectivity index (χ3n) is 2.76. The highest BCUT2D eigenvalue weighted by atomic mass is 32.2. The summed E-state index contributed by atoms with van der Waals surface area (Å²) in [6, 6.07) is 12.2. The molecule has 0 unspecified atom stereocenters. The molecule has 100 valence electrons. The number of benzene rings is 1. The maximum Gasteiger partial charge on any atom is 0.221 e. The number of carbonyl (C=O) groups excluding carboxylic acids is 1. The normalized spacial score (nSPS) is 10.4. The summed E-state index contributed by atoms with van der Waals surface area (Å²) < 4.78 is 0. The van der Waals surface area contributed by atoms with Gasteiger partial charge in [-0.25, -0.2) is 0 Å². The van der Waals surface area contributed by atoms with E-state index in [1.807, 2.05) is 18.2 Å². The van der Waals surface area contributed by atoms with Crippen LogP contribution in [-0.2, 0) is 11.3 Å². The van der Waals surface area contributed by atoms with Crippen molar-refractivity contribution < 1.29 is 4.79 Å². The van der Waals surface area contributed by atoms with Gasteiger partial charge in [0.2, 0.25) is 5.91 Å². The van der Waals surface area contributed by atoms with Crippen LogP contribution in [0.25, 0.3) is 0 Å². The molecule has 0 aliphatic carbocycles. The minimum atomic E-state index is 0.122. The van der Waals surface area contributed by atoms with Crippen molar-refractivity contribution in [2.45, 2.75) is 24.8 Å². The van der Waals surface area contributed by atoms with Crippen molar-refractivity contribution in [1.29, 1.82) is 0 Å². The first-order valence-corrected chi connectivity index (χ1v) is 8.10. The predicted molar refractivity (Wildman–Crippen MR) is 82.7 cm³/mol. The zero-order chi connectivity index (χ0) is 13.5. The second-order valence-electron chi connectivity index (χ2n) is 4.22. The van der Waals surface area contributed by atoms with Crippen LogP contribution in [0.15, 0.2) is 46.7 Å². The fourth-order valence-corrected chi connectivity index (χ4v) is 3.35. The van der Waals surface area contributed by atoms with Gasteiger partial charge in [-0.15, -0.1) is 23.1 Å². The average molecular weight is 291 g/mol. The molecular weight excluding hydrogens is 274 g/mol. The first kappa shape index (κ1) is 14.2. The van der Waals surface area contributed by atoms with E-state index in [0.29, 0.717) is 13.0 Å². The standard InChI is InChI=1S/C15H17NOS2/c1-12-7-9-19-14(12)11-16-15(17)8-10-18-13-5-3-2-4-6-13/h2-7,9H,8,10-11H2,1H3,(H,16,17).